The highest BCUT2D eigenvalue weighted by atomic mass is 32.2. The largest absolute Gasteiger partial charge is 0.469 e. The van der Waals surface area contributed by atoms with Crippen molar-refractivity contribution in [1.82, 2.24) is 0 Å². The highest BCUT2D eigenvalue weighted by molar-refractivity contribution is 8.14. The number of carbonyl (C=O) groups excluding carboxylic acids is 2. The first kappa shape index (κ1) is 18.2. The van der Waals surface area contributed by atoms with Crippen LogP contribution in [0.25, 0.3) is 0 Å². The minimum absolute atomic E-state index is 0.0486. The van der Waals surface area contributed by atoms with E-state index in [9.17, 15) is 14.7 Å². The van der Waals surface area contributed by atoms with Gasteiger partial charge in [0, 0.05) is 10.7 Å². The summed E-state index contributed by atoms with van der Waals surface area (Å²) >= 11 is 1.23. The second-order valence-electron chi connectivity index (χ2n) is 6.65. The molecule has 4 nitrogen and oxygen atoms in total. The van der Waals surface area contributed by atoms with Crippen LogP contribution in [0, 0.1) is 23.7 Å². The van der Waals surface area contributed by atoms with Crippen LogP contribution < -0.4 is 0 Å². The van der Waals surface area contributed by atoms with Gasteiger partial charge in [0.25, 0.3) is 0 Å². The maximum atomic E-state index is 12.7. The van der Waals surface area contributed by atoms with Crippen molar-refractivity contribution in [3.63, 3.8) is 0 Å². The molecule has 4 atom stereocenters. The number of aliphatic hydroxyl groups is 1. The average molecular weight is 314 g/mol. The fourth-order valence-corrected chi connectivity index (χ4v) is 3.86. The SMILES string of the molecule is COC(=O)[C@H]1[C@H](C(=O)SC(C)(C)C)[C@@H](CO)C=C(C)[C@H]1C. The topological polar surface area (TPSA) is 63.6 Å². The molecule has 0 unspecified atom stereocenters. The predicted octanol–water partition coefficient (Wildman–Crippen LogP) is 2.65. The molecule has 0 heterocycles. The first-order valence-corrected chi connectivity index (χ1v) is 8.04. The summed E-state index contributed by atoms with van der Waals surface area (Å²) in [4.78, 5) is 24.9. The van der Waals surface area contributed by atoms with Crippen molar-refractivity contribution >= 4 is 22.8 Å². The number of hydrogen-bond acceptors (Lipinski definition) is 5. The Morgan fingerprint density at radius 3 is 2.33 bits per heavy atom. The maximum absolute atomic E-state index is 12.7. The van der Waals surface area contributed by atoms with Gasteiger partial charge in [-0.15, -0.1) is 0 Å². The number of carbonyl (C=O) groups is 2. The highest BCUT2D eigenvalue weighted by Crippen LogP contribution is 2.43. The summed E-state index contributed by atoms with van der Waals surface area (Å²) < 4.78 is 4.68. The molecular weight excluding hydrogens is 288 g/mol. The standard InChI is InChI=1S/C16H26O4S/c1-9-7-11(8-17)13(15(19)21-16(3,4)5)12(10(9)2)14(18)20-6/h7,10-13,17H,8H2,1-6H3/t10-,11-,12-,13-/m1/s1. The molecular formula is C16H26O4S. The van der Waals surface area contributed by atoms with Crippen LogP contribution in [0.1, 0.15) is 34.6 Å². The minimum Gasteiger partial charge on any atom is -0.469 e. The van der Waals surface area contributed by atoms with E-state index in [-0.39, 0.29) is 34.3 Å². The van der Waals surface area contributed by atoms with Gasteiger partial charge in [-0.2, -0.15) is 0 Å². The molecule has 1 aliphatic carbocycles. The van der Waals surface area contributed by atoms with E-state index in [1.165, 1.54) is 18.9 Å². The van der Waals surface area contributed by atoms with Gasteiger partial charge in [0.2, 0.25) is 0 Å². The zero-order valence-corrected chi connectivity index (χ0v) is 14.5. The summed E-state index contributed by atoms with van der Waals surface area (Å²) in [7, 11) is 1.34. The molecule has 0 saturated carbocycles. The molecule has 5 heteroatoms. The van der Waals surface area contributed by atoms with Crippen LogP contribution in [0.5, 0.6) is 0 Å². The Morgan fingerprint density at radius 1 is 1.33 bits per heavy atom. The quantitative estimate of drug-likeness (QED) is 0.641. The van der Waals surface area contributed by atoms with Gasteiger partial charge in [0.05, 0.1) is 25.6 Å². The van der Waals surface area contributed by atoms with Crippen LogP contribution in [0.15, 0.2) is 11.6 Å². The monoisotopic (exact) mass is 314 g/mol. The third kappa shape index (κ3) is 4.33. The van der Waals surface area contributed by atoms with Crippen molar-refractivity contribution in [2.45, 2.75) is 39.4 Å². The zero-order valence-electron chi connectivity index (χ0n) is 13.7. The van der Waals surface area contributed by atoms with Crippen molar-refractivity contribution in [3.8, 4) is 0 Å². The van der Waals surface area contributed by atoms with Crippen LogP contribution in [0.4, 0.5) is 0 Å². The number of rotatable bonds is 3. The molecule has 0 fully saturated rings. The number of thioether (sulfide) groups is 1. The third-order valence-electron chi connectivity index (χ3n) is 3.95. The van der Waals surface area contributed by atoms with E-state index < -0.39 is 11.8 Å². The molecule has 0 saturated heterocycles. The lowest BCUT2D eigenvalue weighted by Gasteiger charge is -2.38. The second kappa shape index (κ2) is 6.97. The number of esters is 1. The predicted molar refractivity (Wildman–Crippen MR) is 84.8 cm³/mol. The van der Waals surface area contributed by atoms with E-state index in [4.69, 9.17) is 4.74 Å². The molecule has 0 aliphatic heterocycles. The van der Waals surface area contributed by atoms with Crippen LogP contribution >= 0.6 is 11.8 Å². The van der Waals surface area contributed by atoms with Crippen molar-refractivity contribution in [2.75, 3.05) is 13.7 Å². The van der Waals surface area contributed by atoms with Gasteiger partial charge in [-0.3, -0.25) is 9.59 Å². The number of aliphatic hydroxyl groups excluding tert-OH is 1. The van der Waals surface area contributed by atoms with E-state index >= 15 is 0 Å². The van der Waals surface area contributed by atoms with Gasteiger partial charge in [0.1, 0.15) is 0 Å². The average Bonchev–Trinajstić information content (AvgIpc) is 2.38. The van der Waals surface area contributed by atoms with E-state index in [1.807, 2.05) is 40.7 Å². The summed E-state index contributed by atoms with van der Waals surface area (Å²) in [5.41, 5.74) is 1.02. The Balaban J connectivity index is 3.19. The molecule has 0 spiro atoms. The van der Waals surface area contributed by atoms with Crippen LogP contribution in [-0.2, 0) is 14.3 Å². The number of methoxy groups -OCH3 is 1. The van der Waals surface area contributed by atoms with Crippen LogP contribution in [0.3, 0.4) is 0 Å². The maximum Gasteiger partial charge on any atom is 0.310 e. The van der Waals surface area contributed by atoms with Crippen molar-refractivity contribution < 1.29 is 19.4 Å². The summed E-state index contributed by atoms with van der Waals surface area (Å²) in [5, 5.41) is 9.58. The number of ether oxygens (including phenoxy) is 1. The molecule has 120 valence electrons. The fourth-order valence-electron chi connectivity index (χ4n) is 2.80. The fraction of sp³-hybridized carbons (Fsp3) is 0.750. The molecule has 0 bridgehead atoms. The lowest BCUT2D eigenvalue weighted by molar-refractivity contribution is -0.152. The molecule has 0 aromatic rings. The molecule has 21 heavy (non-hydrogen) atoms. The first-order chi connectivity index (χ1) is 9.62. The van der Waals surface area contributed by atoms with Gasteiger partial charge >= 0.3 is 5.97 Å². The van der Waals surface area contributed by atoms with Gasteiger partial charge in [-0.1, -0.05) is 51.1 Å². The molecule has 0 radical (unpaired) electrons. The van der Waals surface area contributed by atoms with E-state index in [0.717, 1.165) is 5.57 Å². The summed E-state index contributed by atoms with van der Waals surface area (Å²) in [6.07, 6.45) is 1.93. The number of hydrogen-bond donors (Lipinski definition) is 1. The summed E-state index contributed by atoms with van der Waals surface area (Å²) in [6, 6.07) is 0. The molecule has 0 aromatic carbocycles. The van der Waals surface area contributed by atoms with Crippen LogP contribution in [-0.4, -0.2) is 34.7 Å². The van der Waals surface area contributed by atoms with E-state index in [0.29, 0.717) is 0 Å². The van der Waals surface area contributed by atoms with Crippen molar-refractivity contribution in [2.24, 2.45) is 23.7 Å². The van der Waals surface area contributed by atoms with Crippen molar-refractivity contribution in [3.05, 3.63) is 11.6 Å². The molecule has 0 aromatic heterocycles. The smallest absolute Gasteiger partial charge is 0.310 e. The summed E-state index contributed by atoms with van der Waals surface area (Å²) in [6.45, 7) is 9.61. The lowest BCUT2D eigenvalue weighted by Crippen LogP contribution is -2.43. The van der Waals surface area contributed by atoms with E-state index in [2.05, 4.69) is 0 Å². The molecule has 0 amide bonds. The normalized spacial score (nSPS) is 29.8. The molecule has 1 N–H and O–H groups in total. The second-order valence-corrected chi connectivity index (χ2v) is 8.49. The van der Waals surface area contributed by atoms with Gasteiger partial charge in [-0.05, 0) is 12.8 Å². The first-order valence-electron chi connectivity index (χ1n) is 7.22. The Bertz CT molecular complexity index is 436. The Morgan fingerprint density at radius 2 is 1.90 bits per heavy atom. The Kier molecular flexibility index (Phi) is 6.05. The third-order valence-corrected chi connectivity index (χ3v) is 5.03. The Hall–Kier alpha value is -0.810. The molecule has 1 aliphatic rings. The van der Waals surface area contributed by atoms with Gasteiger partial charge in [0.15, 0.2) is 5.12 Å². The summed E-state index contributed by atoms with van der Waals surface area (Å²) in [5.74, 6) is -1.83. The minimum atomic E-state index is -0.537. The lowest BCUT2D eigenvalue weighted by atomic mass is 9.68. The molecule has 1 rings (SSSR count). The van der Waals surface area contributed by atoms with Gasteiger partial charge < -0.3 is 9.84 Å². The zero-order chi connectivity index (χ0) is 16.4. The van der Waals surface area contributed by atoms with Gasteiger partial charge in [-0.25, -0.2) is 0 Å². The Labute approximate surface area is 131 Å². The number of allylic oxidation sites excluding steroid dienone is 1. The van der Waals surface area contributed by atoms with E-state index in [1.54, 1.807) is 0 Å². The highest BCUT2D eigenvalue weighted by Gasteiger charge is 2.46. The van der Waals surface area contributed by atoms with Crippen LogP contribution in [0.2, 0.25) is 0 Å². The van der Waals surface area contributed by atoms with Crippen molar-refractivity contribution in [1.29, 1.82) is 0 Å².